The van der Waals surface area contributed by atoms with Gasteiger partial charge in [0.15, 0.2) is 5.82 Å². The van der Waals surface area contributed by atoms with E-state index in [2.05, 4.69) is 15.4 Å². The van der Waals surface area contributed by atoms with Crippen molar-refractivity contribution in [3.05, 3.63) is 41.7 Å². The molecule has 0 aliphatic heterocycles. The first-order chi connectivity index (χ1) is 9.65. The molecule has 0 radical (unpaired) electrons. The number of aliphatic hydroxyl groups excluding tert-OH is 1. The van der Waals surface area contributed by atoms with Gasteiger partial charge in [0.25, 0.3) is 0 Å². The average Bonchev–Trinajstić information content (AvgIpc) is 2.46. The largest absolute Gasteiger partial charge is 0.439 e. The Morgan fingerprint density at radius 3 is 2.80 bits per heavy atom. The van der Waals surface area contributed by atoms with Crippen LogP contribution in [0.4, 0.5) is 5.82 Å². The normalized spacial score (nSPS) is 10.7. The van der Waals surface area contributed by atoms with E-state index in [-0.39, 0.29) is 12.5 Å². The van der Waals surface area contributed by atoms with Crippen LogP contribution in [0.1, 0.15) is 30.9 Å². The molecule has 0 aliphatic rings. The van der Waals surface area contributed by atoms with Crippen molar-refractivity contribution >= 4 is 5.82 Å². The molecule has 1 heterocycles. The highest BCUT2D eigenvalue weighted by Gasteiger charge is 2.16. The Labute approximate surface area is 117 Å². The van der Waals surface area contributed by atoms with Crippen LogP contribution in [0.2, 0.25) is 0 Å². The Hall–Kier alpha value is -2.18. The molecule has 0 atom stereocenters. The van der Waals surface area contributed by atoms with Gasteiger partial charge in [0, 0.05) is 0 Å². The molecule has 6 nitrogen and oxygen atoms in total. The molecule has 1 aromatic carbocycles. The monoisotopic (exact) mass is 274 g/mol. The third kappa shape index (κ3) is 3.04. The fourth-order valence-electron chi connectivity index (χ4n) is 1.92. The molecule has 0 saturated carbocycles. The van der Waals surface area contributed by atoms with Gasteiger partial charge in [0.05, 0.1) is 12.2 Å². The zero-order valence-electron chi connectivity index (χ0n) is 11.5. The highest BCUT2D eigenvalue weighted by molar-refractivity contribution is 5.50. The zero-order chi connectivity index (χ0) is 14.5. The number of anilines is 1. The van der Waals surface area contributed by atoms with Crippen LogP contribution in [0.5, 0.6) is 11.6 Å². The van der Waals surface area contributed by atoms with E-state index >= 15 is 0 Å². The standard InChI is InChI=1S/C14H18N4O2/c1-9(2)12-13(18-15)16-8-17-14(12)20-11-5-3-4-10(6-11)7-19/h3-6,8-9,19H,7,15H2,1-2H3,(H,16,17,18). The zero-order valence-corrected chi connectivity index (χ0v) is 11.5. The number of nitrogens with one attached hydrogen (secondary N) is 1. The minimum atomic E-state index is -0.0341. The lowest BCUT2D eigenvalue weighted by Crippen LogP contribution is -2.13. The minimum Gasteiger partial charge on any atom is -0.439 e. The summed E-state index contributed by atoms with van der Waals surface area (Å²) in [6, 6.07) is 7.21. The number of hydrazine groups is 1. The van der Waals surface area contributed by atoms with Crippen molar-refractivity contribution in [2.24, 2.45) is 5.84 Å². The van der Waals surface area contributed by atoms with E-state index in [9.17, 15) is 0 Å². The highest BCUT2D eigenvalue weighted by Crippen LogP contribution is 2.32. The summed E-state index contributed by atoms with van der Waals surface area (Å²) in [5.41, 5.74) is 4.14. The van der Waals surface area contributed by atoms with Crippen LogP contribution in [0, 0.1) is 0 Å². The van der Waals surface area contributed by atoms with Gasteiger partial charge in [0.2, 0.25) is 5.88 Å². The number of benzene rings is 1. The number of ether oxygens (including phenoxy) is 1. The van der Waals surface area contributed by atoms with Crippen molar-refractivity contribution in [2.75, 3.05) is 5.43 Å². The van der Waals surface area contributed by atoms with Crippen LogP contribution in [-0.2, 0) is 6.61 Å². The summed E-state index contributed by atoms with van der Waals surface area (Å²) in [6.07, 6.45) is 1.40. The lowest BCUT2D eigenvalue weighted by Gasteiger charge is -2.15. The van der Waals surface area contributed by atoms with Crippen molar-refractivity contribution in [1.82, 2.24) is 9.97 Å². The number of hydrogen-bond acceptors (Lipinski definition) is 6. The maximum Gasteiger partial charge on any atom is 0.227 e. The van der Waals surface area contributed by atoms with Crippen LogP contribution < -0.4 is 16.0 Å². The first kappa shape index (κ1) is 14.2. The molecule has 0 amide bonds. The summed E-state index contributed by atoms with van der Waals surface area (Å²) in [5, 5.41) is 9.15. The molecular formula is C14H18N4O2. The number of rotatable bonds is 5. The van der Waals surface area contributed by atoms with E-state index in [1.54, 1.807) is 12.1 Å². The lowest BCUT2D eigenvalue weighted by atomic mass is 10.1. The van der Waals surface area contributed by atoms with Crippen molar-refractivity contribution in [1.29, 1.82) is 0 Å². The van der Waals surface area contributed by atoms with E-state index in [0.717, 1.165) is 11.1 Å². The lowest BCUT2D eigenvalue weighted by molar-refractivity contribution is 0.281. The second-order valence-electron chi connectivity index (χ2n) is 4.65. The number of nitrogen functional groups attached to an aromatic ring is 1. The fourth-order valence-corrected chi connectivity index (χ4v) is 1.92. The van der Waals surface area contributed by atoms with Crippen LogP contribution >= 0.6 is 0 Å². The van der Waals surface area contributed by atoms with E-state index < -0.39 is 0 Å². The summed E-state index contributed by atoms with van der Waals surface area (Å²) in [6.45, 7) is 3.99. The second kappa shape index (κ2) is 6.31. The molecule has 2 rings (SSSR count). The molecule has 106 valence electrons. The summed E-state index contributed by atoms with van der Waals surface area (Å²) in [7, 11) is 0. The Kier molecular flexibility index (Phi) is 4.49. The molecule has 1 aromatic heterocycles. The van der Waals surface area contributed by atoms with Crippen LogP contribution in [0.15, 0.2) is 30.6 Å². The predicted molar refractivity (Wildman–Crippen MR) is 76.4 cm³/mol. The van der Waals surface area contributed by atoms with Crippen LogP contribution in [0.3, 0.4) is 0 Å². The summed E-state index contributed by atoms with van der Waals surface area (Å²) >= 11 is 0. The fraction of sp³-hybridized carbons (Fsp3) is 0.286. The average molecular weight is 274 g/mol. The van der Waals surface area contributed by atoms with Gasteiger partial charge in [-0.25, -0.2) is 15.8 Å². The van der Waals surface area contributed by atoms with Gasteiger partial charge >= 0.3 is 0 Å². The molecule has 0 aliphatic carbocycles. The quantitative estimate of drug-likeness (QED) is 0.571. The Balaban J connectivity index is 2.37. The topological polar surface area (TPSA) is 93.3 Å². The Bertz CT molecular complexity index is 587. The first-order valence-electron chi connectivity index (χ1n) is 6.35. The number of nitrogens with zero attached hydrogens (tertiary/aromatic N) is 2. The Morgan fingerprint density at radius 1 is 1.35 bits per heavy atom. The van der Waals surface area contributed by atoms with Gasteiger partial charge < -0.3 is 15.3 Å². The smallest absolute Gasteiger partial charge is 0.227 e. The molecule has 0 saturated heterocycles. The summed E-state index contributed by atoms with van der Waals surface area (Å²) < 4.78 is 5.80. The third-order valence-corrected chi connectivity index (χ3v) is 2.86. The second-order valence-corrected chi connectivity index (χ2v) is 4.65. The van der Waals surface area contributed by atoms with Crippen molar-refractivity contribution < 1.29 is 9.84 Å². The summed E-state index contributed by atoms with van der Waals surface area (Å²) in [5.74, 6) is 7.23. The van der Waals surface area contributed by atoms with Crippen molar-refractivity contribution in [3.63, 3.8) is 0 Å². The maximum absolute atomic E-state index is 9.15. The Morgan fingerprint density at radius 2 is 2.15 bits per heavy atom. The first-order valence-corrected chi connectivity index (χ1v) is 6.35. The molecule has 0 bridgehead atoms. The molecule has 4 N–H and O–H groups in total. The van der Waals surface area contributed by atoms with Gasteiger partial charge in [0.1, 0.15) is 12.1 Å². The number of aromatic nitrogens is 2. The molecular weight excluding hydrogens is 256 g/mol. The van der Waals surface area contributed by atoms with E-state index in [4.69, 9.17) is 15.7 Å². The summed E-state index contributed by atoms with van der Waals surface area (Å²) in [4.78, 5) is 8.26. The SMILES string of the molecule is CC(C)c1c(NN)ncnc1Oc1cccc(CO)c1. The van der Waals surface area contributed by atoms with Crippen molar-refractivity contribution in [2.45, 2.75) is 26.4 Å². The molecule has 0 fully saturated rings. The van der Waals surface area contributed by atoms with Gasteiger partial charge in [-0.2, -0.15) is 0 Å². The van der Waals surface area contributed by atoms with Gasteiger partial charge in [-0.3, -0.25) is 0 Å². The third-order valence-electron chi connectivity index (χ3n) is 2.86. The van der Waals surface area contributed by atoms with Crippen LogP contribution in [-0.4, -0.2) is 15.1 Å². The maximum atomic E-state index is 9.15. The molecule has 20 heavy (non-hydrogen) atoms. The number of nitrogens with two attached hydrogens (primary N) is 1. The molecule has 2 aromatic rings. The van der Waals surface area contributed by atoms with Crippen molar-refractivity contribution in [3.8, 4) is 11.6 Å². The molecule has 0 spiro atoms. The van der Waals surface area contributed by atoms with E-state index in [1.807, 2.05) is 26.0 Å². The van der Waals surface area contributed by atoms with E-state index in [1.165, 1.54) is 6.33 Å². The minimum absolute atomic E-state index is 0.0341. The van der Waals surface area contributed by atoms with E-state index in [0.29, 0.717) is 17.4 Å². The predicted octanol–water partition coefficient (Wildman–Crippen LogP) is 2.17. The van der Waals surface area contributed by atoms with Gasteiger partial charge in [-0.05, 0) is 23.6 Å². The highest BCUT2D eigenvalue weighted by atomic mass is 16.5. The number of hydrogen-bond donors (Lipinski definition) is 3. The van der Waals surface area contributed by atoms with Gasteiger partial charge in [-0.15, -0.1) is 0 Å². The molecule has 6 heteroatoms. The number of aliphatic hydroxyl groups is 1. The molecule has 0 unspecified atom stereocenters. The van der Waals surface area contributed by atoms with Gasteiger partial charge in [-0.1, -0.05) is 26.0 Å². The van der Waals surface area contributed by atoms with Crippen LogP contribution in [0.25, 0.3) is 0 Å².